The summed E-state index contributed by atoms with van der Waals surface area (Å²) in [7, 11) is 0. The molecule has 0 spiro atoms. The smallest absolute Gasteiger partial charge is 0.343 e. The molecular formula is C33H32F2O2. The molecular weight excluding hydrogens is 466 g/mol. The average molecular weight is 499 g/mol. The monoisotopic (exact) mass is 498 g/mol. The summed E-state index contributed by atoms with van der Waals surface area (Å²) in [6.07, 6.45) is 6.63. The van der Waals surface area contributed by atoms with Crippen molar-refractivity contribution in [2.45, 2.75) is 52.4 Å². The summed E-state index contributed by atoms with van der Waals surface area (Å²) < 4.78 is 34.8. The first kappa shape index (κ1) is 26.3. The number of ether oxygens (including phenoxy) is 1. The molecule has 0 atom stereocenters. The molecule has 0 aliphatic rings. The molecule has 190 valence electrons. The summed E-state index contributed by atoms with van der Waals surface area (Å²) in [5.41, 5.74) is 5.42. The number of hydrogen-bond acceptors (Lipinski definition) is 2. The van der Waals surface area contributed by atoms with Crippen LogP contribution in [0.5, 0.6) is 5.75 Å². The van der Waals surface area contributed by atoms with E-state index in [1.165, 1.54) is 37.0 Å². The van der Waals surface area contributed by atoms with Gasteiger partial charge in [-0.2, -0.15) is 4.39 Å². The van der Waals surface area contributed by atoms with E-state index < -0.39 is 23.4 Å². The maximum atomic E-state index is 14.8. The standard InChI is InChI=1S/C33H32F2O2/c1-3-5-6-8-24-9-13-25(14-10-24)26-17-19-28(20-18-26)33(36)37-30-22-21-29(31(34)32(30)35)27-15-11-23(7-4-2)12-16-27/h9-22H,3-8H2,1-2H3. The molecule has 0 N–H and O–H groups in total. The maximum absolute atomic E-state index is 14.8. The van der Waals surface area contributed by atoms with Gasteiger partial charge < -0.3 is 4.74 Å². The van der Waals surface area contributed by atoms with Crippen LogP contribution in [0.4, 0.5) is 8.78 Å². The lowest BCUT2D eigenvalue weighted by atomic mass is 10.0. The van der Waals surface area contributed by atoms with Crippen molar-refractivity contribution in [3.05, 3.63) is 113 Å². The largest absolute Gasteiger partial charge is 0.420 e. The van der Waals surface area contributed by atoms with Crippen molar-refractivity contribution >= 4 is 5.97 Å². The maximum Gasteiger partial charge on any atom is 0.343 e. The second-order valence-electron chi connectivity index (χ2n) is 9.31. The van der Waals surface area contributed by atoms with Crippen LogP contribution in [0.2, 0.25) is 0 Å². The molecule has 0 aliphatic heterocycles. The van der Waals surface area contributed by atoms with E-state index in [1.807, 2.05) is 24.3 Å². The van der Waals surface area contributed by atoms with Crippen LogP contribution in [-0.2, 0) is 12.8 Å². The third-order valence-corrected chi connectivity index (χ3v) is 6.53. The second kappa shape index (κ2) is 12.4. The summed E-state index contributed by atoms with van der Waals surface area (Å²) in [6.45, 7) is 4.28. The van der Waals surface area contributed by atoms with Gasteiger partial charge >= 0.3 is 5.97 Å². The van der Waals surface area contributed by atoms with Crippen LogP contribution >= 0.6 is 0 Å². The van der Waals surface area contributed by atoms with E-state index in [1.54, 1.807) is 24.3 Å². The summed E-state index contributed by atoms with van der Waals surface area (Å²) >= 11 is 0. The molecule has 0 aliphatic carbocycles. The third kappa shape index (κ3) is 6.51. The van der Waals surface area contributed by atoms with E-state index in [0.29, 0.717) is 5.56 Å². The van der Waals surface area contributed by atoms with Crippen LogP contribution in [-0.4, -0.2) is 5.97 Å². The van der Waals surface area contributed by atoms with Crippen LogP contribution < -0.4 is 4.74 Å². The Balaban J connectivity index is 1.43. The van der Waals surface area contributed by atoms with Gasteiger partial charge in [0.2, 0.25) is 5.82 Å². The summed E-state index contributed by atoms with van der Waals surface area (Å²) in [5.74, 6) is -3.40. The van der Waals surface area contributed by atoms with Gasteiger partial charge in [-0.05, 0) is 71.3 Å². The minimum Gasteiger partial charge on any atom is -0.420 e. The number of esters is 1. The van der Waals surface area contributed by atoms with Gasteiger partial charge in [0, 0.05) is 5.56 Å². The number of benzene rings is 4. The molecule has 4 aromatic carbocycles. The van der Waals surface area contributed by atoms with E-state index in [2.05, 4.69) is 38.1 Å². The van der Waals surface area contributed by atoms with E-state index >= 15 is 0 Å². The molecule has 0 bridgehead atoms. The minimum atomic E-state index is -1.18. The third-order valence-electron chi connectivity index (χ3n) is 6.53. The molecule has 4 aromatic rings. The van der Waals surface area contributed by atoms with Gasteiger partial charge in [-0.15, -0.1) is 0 Å². The Bertz CT molecular complexity index is 1320. The molecule has 0 amide bonds. The van der Waals surface area contributed by atoms with Crippen LogP contribution in [0.1, 0.15) is 61.0 Å². The fourth-order valence-corrected chi connectivity index (χ4v) is 4.37. The highest BCUT2D eigenvalue weighted by atomic mass is 19.2. The van der Waals surface area contributed by atoms with E-state index in [-0.39, 0.29) is 11.1 Å². The Morgan fingerprint density at radius 2 is 1.19 bits per heavy atom. The number of aryl methyl sites for hydroxylation is 2. The Labute approximate surface area is 217 Å². The van der Waals surface area contributed by atoms with Crippen LogP contribution in [0.15, 0.2) is 84.9 Å². The minimum absolute atomic E-state index is 0.126. The molecule has 0 fully saturated rings. The van der Waals surface area contributed by atoms with E-state index in [9.17, 15) is 13.6 Å². The van der Waals surface area contributed by atoms with Crippen molar-refractivity contribution in [2.75, 3.05) is 0 Å². The van der Waals surface area contributed by atoms with E-state index in [4.69, 9.17) is 4.74 Å². The van der Waals surface area contributed by atoms with Crippen molar-refractivity contribution in [3.8, 4) is 28.0 Å². The normalized spacial score (nSPS) is 10.9. The average Bonchev–Trinajstić information content (AvgIpc) is 2.93. The highest BCUT2D eigenvalue weighted by Crippen LogP contribution is 2.31. The topological polar surface area (TPSA) is 26.3 Å². The number of carbonyl (C=O) groups is 1. The lowest BCUT2D eigenvalue weighted by Gasteiger charge is -2.10. The molecule has 4 heteroatoms. The number of hydrogen-bond donors (Lipinski definition) is 0. The molecule has 0 unspecified atom stereocenters. The summed E-state index contributed by atoms with van der Waals surface area (Å²) in [6, 6.07) is 25.4. The van der Waals surface area contributed by atoms with Gasteiger partial charge in [0.05, 0.1) is 5.56 Å². The van der Waals surface area contributed by atoms with Gasteiger partial charge in [-0.3, -0.25) is 0 Å². The van der Waals surface area contributed by atoms with Gasteiger partial charge in [-0.1, -0.05) is 93.8 Å². The van der Waals surface area contributed by atoms with Crippen molar-refractivity contribution in [1.82, 2.24) is 0 Å². The molecule has 0 heterocycles. The zero-order chi connectivity index (χ0) is 26.2. The molecule has 4 rings (SSSR count). The first-order valence-corrected chi connectivity index (χ1v) is 13.0. The first-order chi connectivity index (χ1) is 18.0. The predicted octanol–water partition coefficient (Wildman–Crippen LogP) is 9.20. The summed E-state index contributed by atoms with van der Waals surface area (Å²) in [5, 5.41) is 0. The lowest BCUT2D eigenvalue weighted by Crippen LogP contribution is -2.10. The van der Waals surface area contributed by atoms with Crippen LogP contribution in [0, 0.1) is 11.6 Å². The molecule has 2 nitrogen and oxygen atoms in total. The molecule has 0 saturated heterocycles. The fraction of sp³-hybridized carbons (Fsp3) is 0.242. The predicted molar refractivity (Wildman–Crippen MR) is 146 cm³/mol. The van der Waals surface area contributed by atoms with Crippen molar-refractivity contribution in [1.29, 1.82) is 0 Å². The highest BCUT2D eigenvalue weighted by molar-refractivity contribution is 5.91. The molecule has 0 aromatic heterocycles. The Morgan fingerprint density at radius 1 is 0.622 bits per heavy atom. The van der Waals surface area contributed by atoms with Gasteiger partial charge in [0.1, 0.15) is 0 Å². The van der Waals surface area contributed by atoms with Gasteiger partial charge in [0.25, 0.3) is 0 Å². The fourth-order valence-electron chi connectivity index (χ4n) is 4.37. The Morgan fingerprint density at radius 3 is 1.78 bits per heavy atom. The number of unbranched alkanes of at least 4 members (excludes halogenated alkanes) is 2. The van der Waals surface area contributed by atoms with Gasteiger partial charge in [0.15, 0.2) is 11.6 Å². The number of carbonyl (C=O) groups excluding carboxylic acids is 1. The number of halogens is 2. The van der Waals surface area contributed by atoms with Crippen LogP contribution in [0.25, 0.3) is 22.3 Å². The molecule has 0 radical (unpaired) electrons. The second-order valence-corrected chi connectivity index (χ2v) is 9.31. The zero-order valence-corrected chi connectivity index (χ0v) is 21.4. The quantitative estimate of drug-likeness (QED) is 0.124. The SMILES string of the molecule is CCCCCc1ccc(-c2ccc(C(=O)Oc3ccc(-c4ccc(CCC)cc4)c(F)c3F)cc2)cc1. The van der Waals surface area contributed by atoms with Gasteiger partial charge in [-0.25, -0.2) is 9.18 Å². The van der Waals surface area contributed by atoms with Crippen molar-refractivity contribution in [3.63, 3.8) is 0 Å². The first-order valence-electron chi connectivity index (χ1n) is 13.0. The molecule has 37 heavy (non-hydrogen) atoms. The molecule has 0 saturated carbocycles. The summed E-state index contributed by atoms with van der Waals surface area (Å²) in [4.78, 5) is 12.6. The van der Waals surface area contributed by atoms with E-state index in [0.717, 1.165) is 36.0 Å². The highest BCUT2D eigenvalue weighted by Gasteiger charge is 2.19. The number of rotatable bonds is 10. The lowest BCUT2D eigenvalue weighted by molar-refractivity contribution is 0.0727. The zero-order valence-electron chi connectivity index (χ0n) is 21.4. The van der Waals surface area contributed by atoms with Crippen molar-refractivity contribution < 1.29 is 18.3 Å². The van der Waals surface area contributed by atoms with Crippen molar-refractivity contribution in [2.24, 2.45) is 0 Å². The Kier molecular flexibility index (Phi) is 8.84. The Hall–Kier alpha value is -3.79. The van der Waals surface area contributed by atoms with Crippen LogP contribution in [0.3, 0.4) is 0 Å².